The monoisotopic (exact) mass is 285 g/mol. The van der Waals surface area contributed by atoms with Crippen LogP contribution in [0.15, 0.2) is 23.0 Å². The molecule has 1 unspecified atom stereocenters. The summed E-state index contributed by atoms with van der Waals surface area (Å²) in [5.41, 5.74) is 0.666. The highest BCUT2D eigenvalue weighted by Crippen LogP contribution is 2.21. The maximum absolute atomic E-state index is 12.1. The molecule has 1 amide bonds. The van der Waals surface area contributed by atoms with Crippen molar-refractivity contribution in [2.24, 2.45) is 5.92 Å². The molecule has 4 heteroatoms. The van der Waals surface area contributed by atoms with Crippen molar-refractivity contribution in [3.8, 4) is 0 Å². The summed E-state index contributed by atoms with van der Waals surface area (Å²) in [7, 11) is 0. The van der Waals surface area contributed by atoms with E-state index in [2.05, 4.69) is 15.9 Å². The van der Waals surface area contributed by atoms with Crippen molar-refractivity contribution in [3.05, 3.63) is 24.2 Å². The molecule has 1 atom stereocenters. The highest BCUT2D eigenvalue weighted by molar-refractivity contribution is 9.09. The molecule has 16 heavy (non-hydrogen) atoms. The summed E-state index contributed by atoms with van der Waals surface area (Å²) in [6, 6.07) is 1.73. The lowest BCUT2D eigenvalue weighted by molar-refractivity contribution is 0.0671. The predicted octanol–water partition coefficient (Wildman–Crippen LogP) is 2.92. The molecule has 88 valence electrons. The number of amides is 1. The molecule has 0 spiro atoms. The van der Waals surface area contributed by atoms with Crippen LogP contribution in [-0.4, -0.2) is 29.2 Å². The van der Waals surface area contributed by atoms with Crippen molar-refractivity contribution in [2.45, 2.75) is 19.3 Å². The third-order valence-electron chi connectivity index (χ3n) is 3.09. The molecule has 0 bridgehead atoms. The summed E-state index contributed by atoms with van der Waals surface area (Å²) >= 11 is 3.46. The number of nitrogens with zero attached hydrogens (tertiary/aromatic N) is 1. The van der Waals surface area contributed by atoms with E-state index in [0.717, 1.165) is 31.3 Å². The van der Waals surface area contributed by atoms with Crippen LogP contribution >= 0.6 is 15.9 Å². The van der Waals surface area contributed by atoms with Crippen molar-refractivity contribution >= 4 is 21.8 Å². The van der Waals surface area contributed by atoms with E-state index in [-0.39, 0.29) is 5.91 Å². The summed E-state index contributed by atoms with van der Waals surface area (Å²) in [6.45, 7) is 1.76. The van der Waals surface area contributed by atoms with Gasteiger partial charge in [0.25, 0.3) is 5.91 Å². The van der Waals surface area contributed by atoms with Gasteiger partial charge in [0.05, 0.1) is 11.8 Å². The lowest BCUT2D eigenvalue weighted by Crippen LogP contribution is -2.39. The lowest BCUT2D eigenvalue weighted by atomic mass is 9.95. The van der Waals surface area contributed by atoms with Gasteiger partial charge in [-0.3, -0.25) is 4.79 Å². The van der Waals surface area contributed by atoms with Gasteiger partial charge in [0.2, 0.25) is 0 Å². The summed E-state index contributed by atoms with van der Waals surface area (Å²) in [4.78, 5) is 14.0. The van der Waals surface area contributed by atoms with Crippen molar-refractivity contribution in [2.75, 3.05) is 18.4 Å². The Kier molecular flexibility index (Phi) is 4.04. The largest absolute Gasteiger partial charge is 0.472 e. The molecular weight excluding hydrogens is 270 g/mol. The predicted molar refractivity (Wildman–Crippen MR) is 65.7 cm³/mol. The maximum atomic E-state index is 12.1. The Hall–Kier alpha value is -0.770. The first-order chi connectivity index (χ1) is 7.81. The van der Waals surface area contributed by atoms with Gasteiger partial charge in [0, 0.05) is 18.4 Å². The van der Waals surface area contributed by atoms with E-state index < -0.39 is 0 Å². The Balaban J connectivity index is 1.96. The minimum atomic E-state index is 0.105. The van der Waals surface area contributed by atoms with Crippen LogP contribution in [0.5, 0.6) is 0 Å². The molecule has 3 nitrogen and oxygen atoms in total. The molecule has 1 aliphatic heterocycles. The molecular formula is C12H16BrNO2. The van der Waals surface area contributed by atoms with Gasteiger partial charge in [-0.05, 0) is 31.2 Å². The van der Waals surface area contributed by atoms with Crippen LogP contribution < -0.4 is 0 Å². The average Bonchev–Trinajstić information content (AvgIpc) is 2.82. The van der Waals surface area contributed by atoms with Crippen LogP contribution in [0.1, 0.15) is 29.6 Å². The number of carbonyl (C=O) groups excluding carboxylic acids is 1. The standard InChI is InChI=1S/C12H16BrNO2/c13-5-3-10-2-1-6-14(8-10)12(15)11-4-7-16-9-11/h4,7,9-10H,1-3,5-6,8H2. The van der Waals surface area contributed by atoms with E-state index in [1.807, 2.05) is 4.90 Å². The van der Waals surface area contributed by atoms with Gasteiger partial charge in [0.1, 0.15) is 6.26 Å². The van der Waals surface area contributed by atoms with Gasteiger partial charge < -0.3 is 9.32 Å². The van der Waals surface area contributed by atoms with Crippen molar-refractivity contribution < 1.29 is 9.21 Å². The van der Waals surface area contributed by atoms with E-state index in [9.17, 15) is 4.79 Å². The molecule has 1 aromatic heterocycles. The minimum absolute atomic E-state index is 0.105. The highest BCUT2D eigenvalue weighted by Gasteiger charge is 2.24. The Morgan fingerprint density at radius 1 is 1.62 bits per heavy atom. The van der Waals surface area contributed by atoms with Gasteiger partial charge in [-0.25, -0.2) is 0 Å². The summed E-state index contributed by atoms with van der Waals surface area (Å²) in [5, 5.41) is 1.02. The number of halogens is 1. The van der Waals surface area contributed by atoms with Crippen LogP contribution in [0, 0.1) is 5.92 Å². The van der Waals surface area contributed by atoms with Crippen LogP contribution in [0.2, 0.25) is 0 Å². The molecule has 1 saturated heterocycles. The van der Waals surface area contributed by atoms with Crippen molar-refractivity contribution in [1.29, 1.82) is 0 Å². The summed E-state index contributed by atoms with van der Waals surface area (Å²) in [6.07, 6.45) is 6.57. The second-order valence-corrected chi connectivity index (χ2v) is 5.04. The van der Waals surface area contributed by atoms with Crippen molar-refractivity contribution in [1.82, 2.24) is 4.90 Å². The number of alkyl halides is 1. The van der Waals surface area contributed by atoms with Crippen LogP contribution in [-0.2, 0) is 0 Å². The van der Waals surface area contributed by atoms with Gasteiger partial charge in [0.15, 0.2) is 0 Å². The second kappa shape index (κ2) is 5.53. The number of furan rings is 1. The fourth-order valence-electron chi connectivity index (χ4n) is 2.21. The lowest BCUT2D eigenvalue weighted by Gasteiger charge is -2.32. The third-order valence-corrected chi connectivity index (χ3v) is 3.55. The molecule has 1 fully saturated rings. The van der Waals surface area contributed by atoms with E-state index in [1.165, 1.54) is 12.7 Å². The Bertz CT molecular complexity index is 335. The Morgan fingerprint density at radius 3 is 3.19 bits per heavy atom. The molecule has 0 radical (unpaired) electrons. The molecule has 2 rings (SSSR count). The van der Waals surface area contributed by atoms with E-state index >= 15 is 0 Å². The first-order valence-electron chi connectivity index (χ1n) is 5.68. The number of hydrogen-bond donors (Lipinski definition) is 0. The molecule has 1 aromatic rings. The molecule has 0 aromatic carbocycles. The van der Waals surface area contributed by atoms with Gasteiger partial charge in [-0.1, -0.05) is 15.9 Å². The van der Waals surface area contributed by atoms with Crippen LogP contribution in [0.4, 0.5) is 0 Å². The number of rotatable bonds is 3. The fraction of sp³-hybridized carbons (Fsp3) is 0.583. The Morgan fingerprint density at radius 2 is 2.50 bits per heavy atom. The summed E-state index contributed by atoms with van der Waals surface area (Å²) < 4.78 is 4.95. The number of likely N-dealkylation sites (tertiary alicyclic amines) is 1. The van der Waals surface area contributed by atoms with Crippen LogP contribution in [0.3, 0.4) is 0 Å². The van der Waals surface area contributed by atoms with E-state index in [4.69, 9.17) is 4.42 Å². The number of carbonyl (C=O) groups is 1. The Labute approximate surface area is 104 Å². The van der Waals surface area contributed by atoms with Crippen molar-refractivity contribution in [3.63, 3.8) is 0 Å². The van der Waals surface area contributed by atoms with Gasteiger partial charge in [-0.2, -0.15) is 0 Å². The molecule has 0 aliphatic carbocycles. The molecule has 0 N–H and O–H groups in total. The normalized spacial score (nSPS) is 21.1. The third kappa shape index (κ3) is 2.67. The zero-order chi connectivity index (χ0) is 11.4. The smallest absolute Gasteiger partial charge is 0.257 e. The SMILES string of the molecule is O=C(c1ccoc1)N1CCCC(CCBr)C1. The fourth-order valence-corrected chi connectivity index (χ4v) is 2.86. The maximum Gasteiger partial charge on any atom is 0.257 e. The topological polar surface area (TPSA) is 33.5 Å². The second-order valence-electron chi connectivity index (χ2n) is 4.25. The zero-order valence-corrected chi connectivity index (χ0v) is 10.8. The average molecular weight is 286 g/mol. The highest BCUT2D eigenvalue weighted by atomic mass is 79.9. The quantitative estimate of drug-likeness (QED) is 0.800. The van der Waals surface area contributed by atoms with Gasteiger partial charge in [-0.15, -0.1) is 0 Å². The van der Waals surface area contributed by atoms with E-state index in [1.54, 1.807) is 12.3 Å². The minimum Gasteiger partial charge on any atom is -0.472 e. The first kappa shape index (κ1) is 11.7. The number of hydrogen-bond acceptors (Lipinski definition) is 2. The van der Waals surface area contributed by atoms with Crippen LogP contribution in [0.25, 0.3) is 0 Å². The first-order valence-corrected chi connectivity index (χ1v) is 6.81. The number of piperidine rings is 1. The van der Waals surface area contributed by atoms with E-state index in [0.29, 0.717) is 11.5 Å². The summed E-state index contributed by atoms with van der Waals surface area (Å²) in [5.74, 6) is 0.747. The molecule has 2 heterocycles. The molecule has 0 saturated carbocycles. The zero-order valence-electron chi connectivity index (χ0n) is 9.19. The van der Waals surface area contributed by atoms with Gasteiger partial charge >= 0.3 is 0 Å². The molecule has 1 aliphatic rings.